The predicted octanol–water partition coefficient (Wildman–Crippen LogP) is 4.21. The van der Waals surface area contributed by atoms with E-state index in [1.165, 1.54) is 19.2 Å². The van der Waals surface area contributed by atoms with Gasteiger partial charge < -0.3 is 9.47 Å². The molecular weight excluding hydrogens is 334 g/mol. The number of rotatable bonds is 5. The second-order valence-electron chi connectivity index (χ2n) is 6.62. The second-order valence-corrected chi connectivity index (χ2v) is 6.62. The van der Waals surface area contributed by atoms with Crippen molar-refractivity contribution in [2.75, 3.05) is 7.11 Å². The molecule has 1 aliphatic heterocycles. The van der Waals surface area contributed by atoms with Crippen molar-refractivity contribution in [1.29, 1.82) is 0 Å². The molecule has 0 saturated heterocycles. The van der Waals surface area contributed by atoms with Crippen LogP contribution < -0.4 is 9.47 Å². The number of methoxy groups -OCH3 is 1. The molecule has 6 heteroatoms. The SMILES string of the molecule is COc1c(C(=O)Cc2cccc([N+](=O)[O-])c2)ccc2c1C=CC(C)(C)O2. The Labute approximate surface area is 151 Å². The Hall–Kier alpha value is -3.15. The number of hydrogen-bond acceptors (Lipinski definition) is 5. The highest BCUT2D eigenvalue weighted by molar-refractivity contribution is 6.01. The van der Waals surface area contributed by atoms with E-state index < -0.39 is 10.5 Å². The maximum absolute atomic E-state index is 12.8. The molecule has 2 aromatic carbocycles. The highest BCUT2D eigenvalue weighted by Crippen LogP contribution is 2.39. The number of fused-ring (bicyclic) bond motifs is 1. The standard InChI is InChI=1S/C20H19NO5/c1-20(2)10-9-16-18(26-20)8-7-15(19(16)25-3)17(22)12-13-5-4-6-14(11-13)21(23)24/h4-11H,12H2,1-3H3. The van der Waals surface area contributed by atoms with Gasteiger partial charge in [0.1, 0.15) is 17.1 Å². The van der Waals surface area contributed by atoms with Crippen molar-refractivity contribution in [2.45, 2.75) is 25.9 Å². The van der Waals surface area contributed by atoms with E-state index in [1.54, 1.807) is 24.3 Å². The van der Waals surface area contributed by atoms with Gasteiger partial charge in [0, 0.05) is 18.6 Å². The number of Topliss-reactive ketones (excluding diaryl/α,β-unsaturated/α-hetero) is 1. The van der Waals surface area contributed by atoms with E-state index in [9.17, 15) is 14.9 Å². The summed E-state index contributed by atoms with van der Waals surface area (Å²) in [6, 6.07) is 9.51. The fourth-order valence-electron chi connectivity index (χ4n) is 2.93. The molecule has 6 nitrogen and oxygen atoms in total. The van der Waals surface area contributed by atoms with Crippen molar-refractivity contribution in [1.82, 2.24) is 0 Å². The molecule has 0 unspecified atom stereocenters. The van der Waals surface area contributed by atoms with Gasteiger partial charge in [-0.05, 0) is 43.7 Å². The predicted molar refractivity (Wildman–Crippen MR) is 97.9 cm³/mol. The minimum atomic E-state index is -0.475. The largest absolute Gasteiger partial charge is 0.495 e. The van der Waals surface area contributed by atoms with E-state index >= 15 is 0 Å². The Morgan fingerprint density at radius 3 is 2.73 bits per heavy atom. The molecule has 1 heterocycles. The summed E-state index contributed by atoms with van der Waals surface area (Å²) in [7, 11) is 1.51. The lowest BCUT2D eigenvalue weighted by molar-refractivity contribution is -0.384. The van der Waals surface area contributed by atoms with E-state index in [-0.39, 0.29) is 17.9 Å². The van der Waals surface area contributed by atoms with Gasteiger partial charge in [-0.1, -0.05) is 12.1 Å². The van der Waals surface area contributed by atoms with Gasteiger partial charge in [-0.2, -0.15) is 0 Å². The minimum absolute atomic E-state index is 0.0359. The number of carbonyl (C=O) groups excluding carboxylic acids is 1. The molecule has 0 fully saturated rings. The fraction of sp³-hybridized carbons (Fsp3) is 0.250. The maximum Gasteiger partial charge on any atom is 0.269 e. The Morgan fingerprint density at radius 1 is 1.27 bits per heavy atom. The van der Waals surface area contributed by atoms with E-state index in [1.807, 2.05) is 26.0 Å². The summed E-state index contributed by atoms with van der Waals surface area (Å²) in [5, 5.41) is 10.9. The van der Waals surface area contributed by atoms with Crippen LogP contribution in [0.5, 0.6) is 11.5 Å². The maximum atomic E-state index is 12.8. The Bertz CT molecular complexity index is 914. The van der Waals surface area contributed by atoms with Crippen molar-refractivity contribution >= 4 is 17.5 Å². The zero-order valence-electron chi connectivity index (χ0n) is 14.8. The van der Waals surface area contributed by atoms with Crippen LogP contribution in [0.15, 0.2) is 42.5 Å². The zero-order chi connectivity index (χ0) is 18.9. The molecule has 1 aliphatic rings. The highest BCUT2D eigenvalue weighted by Gasteiger charge is 2.26. The first kappa shape index (κ1) is 17.7. The average Bonchev–Trinajstić information content (AvgIpc) is 2.59. The van der Waals surface area contributed by atoms with Crippen LogP contribution in [0.25, 0.3) is 6.08 Å². The van der Waals surface area contributed by atoms with Crippen LogP contribution >= 0.6 is 0 Å². The number of ether oxygens (including phenoxy) is 2. The summed E-state index contributed by atoms with van der Waals surface area (Å²) in [6.07, 6.45) is 3.85. The van der Waals surface area contributed by atoms with E-state index in [4.69, 9.17) is 9.47 Å². The molecule has 2 aromatic rings. The third-order valence-corrected chi connectivity index (χ3v) is 4.17. The van der Waals surface area contributed by atoms with Gasteiger partial charge in [-0.3, -0.25) is 14.9 Å². The second kappa shape index (κ2) is 6.63. The van der Waals surface area contributed by atoms with E-state index in [2.05, 4.69) is 0 Å². The quantitative estimate of drug-likeness (QED) is 0.457. The third kappa shape index (κ3) is 3.44. The molecule has 0 aliphatic carbocycles. The molecule has 0 amide bonds. The van der Waals surface area contributed by atoms with Gasteiger partial charge in [-0.25, -0.2) is 0 Å². The lowest BCUT2D eigenvalue weighted by Crippen LogP contribution is -2.27. The molecule has 0 N–H and O–H groups in total. The topological polar surface area (TPSA) is 78.7 Å². The summed E-state index contributed by atoms with van der Waals surface area (Å²) < 4.78 is 11.4. The van der Waals surface area contributed by atoms with Gasteiger partial charge in [0.25, 0.3) is 5.69 Å². The van der Waals surface area contributed by atoms with Crippen LogP contribution in [0.4, 0.5) is 5.69 Å². The van der Waals surface area contributed by atoms with Crippen LogP contribution in [-0.4, -0.2) is 23.4 Å². The number of nitro benzene ring substituents is 1. The molecule has 0 bridgehead atoms. The molecule has 134 valence electrons. The fourth-order valence-corrected chi connectivity index (χ4v) is 2.93. The van der Waals surface area contributed by atoms with Crippen molar-refractivity contribution in [3.63, 3.8) is 0 Å². The molecule has 0 radical (unpaired) electrons. The van der Waals surface area contributed by atoms with Crippen molar-refractivity contribution in [3.8, 4) is 11.5 Å². The van der Waals surface area contributed by atoms with Gasteiger partial charge in [0.2, 0.25) is 0 Å². The molecule has 26 heavy (non-hydrogen) atoms. The molecular formula is C20H19NO5. The molecule has 0 saturated carbocycles. The zero-order valence-corrected chi connectivity index (χ0v) is 14.8. The minimum Gasteiger partial charge on any atom is -0.495 e. The third-order valence-electron chi connectivity index (χ3n) is 4.17. The first-order valence-electron chi connectivity index (χ1n) is 8.16. The summed E-state index contributed by atoms with van der Waals surface area (Å²) >= 11 is 0. The average molecular weight is 353 g/mol. The lowest BCUT2D eigenvalue weighted by atomic mass is 9.96. The van der Waals surface area contributed by atoms with Crippen LogP contribution in [0.3, 0.4) is 0 Å². The number of non-ortho nitro benzene ring substituents is 1. The monoisotopic (exact) mass is 353 g/mol. The highest BCUT2D eigenvalue weighted by atomic mass is 16.6. The normalized spacial score (nSPS) is 14.3. The summed E-state index contributed by atoms with van der Waals surface area (Å²) in [4.78, 5) is 23.2. The summed E-state index contributed by atoms with van der Waals surface area (Å²) in [6.45, 7) is 3.89. The molecule has 0 atom stereocenters. The smallest absolute Gasteiger partial charge is 0.269 e. The van der Waals surface area contributed by atoms with Crippen LogP contribution in [0.1, 0.15) is 35.3 Å². The summed E-state index contributed by atoms with van der Waals surface area (Å²) in [5.41, 5.74) is 1.26. The van der Waals surface area contributed by atoms with Crippen molar-refractivity contribution < 1.29 is 19.2 Å². The Balaban J connectivity index is 1.93. The van der Waals surface area contributed by atoms with E-state index in [0.717, 1.165) is 5.56 Å². The lowest BCUT2D eigenvalue weighted by Gasteiger charge is -2.29. The number of benzene rings is 2. The number of nitrogens with zero attached hydrogens (tertiary/aromatic N) is 1. The first-order chi connectivity index (χ1) is 12.3. The number of ketones is 1. The molecule has 0 aromatic heterocycles. The Kier molecular flexibility index (Phi) is 4.50. The van der Waals surface area contributed by atoms with E-state index in [0.29, 0.717) is 22.6 Å². The molecule has 0 spiro atoms. The van der Waals surface area contributed by atoms with Gasteiger partial charge in [0.05, 0.1) is 23.2 Å². The van der Waals surface area contributed by atoms with Gasteiger partial charge in [-0.15, -0.1) is 0 Å². The Morgan fingerprint density at radius 2 is 2.04 bits per heavy atom. The number of carbonyl (C=O) groups is 1. The number of nitro groups is 1. The van der Waals surface area contributed by atoms with Gasteiger partial charge in [0.15, 0.2) is 5.78 Å². The van der Waals surface area contributed by atoms with Crippen molar-refractivity contribution in [3.05, 3.63) is 69.3 Å². The van der Waals surface area contributed by atoms with Crippen LogP contribution in [0, 0.1) is 10.1 Å². The summed E-state index contributed by atoms with van der Waals surface area (Å²) in [5.74, 6) is 0.925. The van der Waals surface area contributed by atoms with Crippen LogP contribution in [-0.2, 0) is 6.42 Å². The van der Waals surface area contributed by atoms with Gasteiger partial charge >= 0.3 is 0 Å². The molecule has 3 rings (SSSR count). The number of hydrogen-bond donors (Lipinski definition) is 0. The van der Waals surface area contributed by atoms with Crippen molar-refractivity contribution in [2.24, 2.45) is 0 Å². The first-order valence-corrected chi connectivity index (χ1v) is 8.16. The van der Waals surface area contributed by atoms with Crippen LogP contribution in [0.2, 0.25) is 0 Å².